The number of amides is 2. The van der Waals surface area contributed by atoms with Gasteiger partial charge in [-0.1, -0.05) is 23.2 Å². The second-order valence-corrected chi connectivity index (χ2v) is 10.3. The fourth-order valence-corrected chi connectivity index (χ4v) is 7.02. The molecular formula is C22H26Cl2N2O2. The minimum Gasteiger partial charge on any atom is -0.339 e. The molecule has 5 aliphatic rings. The zero-order valence-electron chi connectivity index (χ0n) is 16.0. The molecule has 0 radical (unpaired) electrons. The minimum atomic E-state index is -0.102. The minimum absolute atomic E-state index is 0.100. The molecule has 150 valence electrons. The van der Waals surface area contributed by atoms with Crippen molar-refractivity contribution >= 4 is 35.0 Å². The van der Waals surface area contributed by atoms with E-state index in [0.29, 0.717) is 47.7 Å². The van der Waals surface area contributed by atoms with Gasteiger partial charge in [-0.25, -0.2) is 0 Å². The Balaban J connectivity index is 1.25. The number of hydrogen-bond acceptors (Lipinski definition) is 2. The molecule has 4 saturated carbocycles. The number of hydrogen-bond donors (Lipinski definition) is 0. The lowest BCUT2D eigenvalue weighted by molar-refractivity contribution is -0.159. The summed E-state index contributed by atoms with van der Waals surface area (Å²) in [6.07, 6.45) is 7.30. The van der Waals surface area contributed by atoms with Crippen LogP contribution >= 0.6 is 23.2 Å². The fourth-order valence-electron chi connectivity index (χ4n) is 6.65. The highest BCUT2D eigenvalue weighted by Gasteiger charge is 2.55. The van der Waals surface area contributed by atoms with Gasteiger partial charge in [0.15, 0.2) is 0 Å². The summed E-state index contributed by atoms with van der Waals surface area (Å²) >= 11 is 12.2. The maximum absolute atomic E-state index is 13.5. The van der Waals surface area contributed by atoms with Gasteiger partial charge in [-0.3, -0.25) is 9.59 Å². The third kappa shape index (κ3) is 3.13. The molecule has 4 bridgehead atoms. The molecule has 4 aliphatic carbocycles. The second kappa shape index (κ2) is 6.91. The lowest BCUT2D eigenvalue weighted by atomic mass is 9.49. The van der Waals surface area contributed by atoms with Crippen LogP contribution in [-0.4, -0.2) is 47.8 Å². The molecule has 1 saturated heterocycles. The first-order valence-electron chi connectivity index (χ1n) is 10.5. The zero-order chi connectivity index (χ0) is 19.5. The van der Waals surface area contributed by atoms with Crippen molar-refractivity contribution < 1.29 is 9.59 Å². The first-order valence-corrected chi connectivity index (χ1v) is 11.2. The summed E-state index contributed by atoms with van der Waals surface area (Å²) < 4.78 is 0. The highest BCUT2D eigenvalue weighted by Crippen LogP contribution is 2.60. The molecule has 1 aromatic rings. The van der Waals surface area contributed by atoms with Gasteiger partial charge < -0.3 is 9.80 Å². The summed E-state index contributed by atoms with van der Waals surface area (Å²) in [7, 11) is 0. The lowest BCUT2D eigenvalue weighted by Gasteiger charge is -2.57. The van der Waals surface area contributed by atoms with Crippen LogP contribution in [0.15, 0.2) is 18.2 Å². The molecule has 0 spiro atoms. The van der Waals surface area contributed by atoms with Gasteiger partial charge in [-0.15, -0.1) is 0 Å². The molecule has 2 amide bonds. The van der Waals surface area contributed by atoms with Crippen molar-refractivity contribution in [3.63, 3.8) is 0 Å². The van der Waals surface area contributed by atoms with Gasteiger partial charge in [0.1, 0.15) is 0 Å². The zero-order valence-corrected chi connectivity index (χ0v) is 17.5. The van der Waals surface area contributed by atoms with Crippen molar-refractivity contribution in [2.45, 2.75) is 38.5 Å². The van der Waals surface area contributed by atoms with Crippen molar-refractivity contribution in [1.29, 1.82) is 0 Å². The molecule has 6 heteroatoms. The molecule has 0 N–H and O–H groups in total. The summed E-state index contributed by atoms with van der Waals surface area (Å²) in [5, 5.41) is 0.921. The Bertz CT molecular complexity index is 781. The fraction of sp³-hybridized carbons (Fsp3) is 0.636. The van der Waals surface area contributed by atoms with Gasteiger partial charge in [0.2, 0.25) is 5.91 Å². The second-order valence-electron chi connectivity index (χ2n) is 9.41. The predicted octanol–water partition coefficient (Wildman–Crippen LogP) is 4.49. The van der Waals surface area contributed by atoms with Gasteiger partial charge in [-0.2, -0.15) is 0 Å². The van der Waals surface area contributed by atoms with Crippen molar-refractivity contribution in [1.82, 2.24) is 9.80 Å². The van der Waals surface area contributed by atoms with Crippen LogP contribution in [0.3, 0.4) is 0 Å². The molecule has 4 nitrogen and oxygen atoms in total. The van der Waals surface area contributed by atoms with Crippen molar-refractivity contribution in [3.8, 4) is 0 Å². The molecule has 1 heterocycles. The summed E-state index contributed by atoms with van der Waals surface area (Å²) in [5.41, 5.74) is 0.340. The predicted molar refractivity (Wildman–Crippen MR) is 110 cm³/mol. The molecule has 0 unspecified atom stereocenters. The third-order valence-electron chi connectivity index (χ3n) is 7.50. The van der Waals surface area contributed by atoms with Gasteiger partial charge in [0.05, 0.1) is 16.0 Å². The summed E-state index contributed by atoms with van der Waals surface area (Å²) in [5.74, 6) is 2.56. The molecule has 0 atom stereocenters. The van der Waals surface area contributed by atoms with Crippen LogP contribution < -0.4 is 0 Å². The Hall–Kier alpha value is -1.26. The SMILES string of the molecule is O=C(c1cc(Cl)ccc1Cl)N1CCN(C(=O)C23CC4CC(CC(C4)C2)C3)CC1. The largest absolute Gasteiger partial charge is 0.339 e. The van der Waals surface area contributed by atoms with Crippen LogP contribution in [0.1, 0.15) is 48.9 Å². The average molecular weight is 421 g/mol. The maximum Gasteiger partial charge on any atom is 0.255 e. The van der Waals surface area contributed by atoms with E-state index in [1.165, 1.54) is 19.3 Å². The summed E-state index contributed by atoms with van der Waals surface area (Å²) in [6.45, 7) is 2.34. The van der Waals surface area contributed by atoms with Crippen molar-refractivity contribution in [3.05, 3.63) is 33.8 Å². The number of nitrogens with zero attached hydrogens (tertiary/aromatic N) is 2. The number of halogens is 2. The highest BCUT2D eigenvalue weighted by molar-refractivity contribution is 6.35. The molecule has 6 rings (SSSR count). The standard InChI is InChI=1S/C22H26Cl2N2O2/c23-17-1-2-19(24)18(10-17)20(27)25-3-5-26(6-4-25)21(28)22-11-14-7-15(12-22)9-16(8-14)13-22/h1-2,10,14-16H,3-9,11-13H2. The van der Waals surface area contributed by atoms with E-state index in [0.717, 1.165) is 37.0 Å². The molecule has 1 aromatic carbocycles. The van der Waals surface area contributed by atoms with Crippen molar-refractivity contribution in [2.75, 3.05) is 26.2 Å². The van der Waals surface area contributed by atoms with E-state index in [-0.39, 0.29) is 11.3 Å². The third-order valence-corrected chi connectivity index (χ3v) is 8.07. The van der Waals surface area contributed by atoms with Gasteiger partial charge in [0.25, 0.3) is 5.91 Å². The number of rotatable bonds is 2. The van der Waals surface area contributed by atoms with Crippen LogP contribution in [0.25, 0.3) is 0 Å². The first-order chi connectivity index (χ1) is 13.4. The Labute approximate surface area is 176 Å². The number of benzene rings is 1. The van der Waals surface area contributed by atoms with E-state index in [4.69, 9.17) is 23.2 Å². The normalized spacial score (nSPS) is 34.0. The molecule has 1 aliphatic heterocycles. The van der Waals surface area contributed by atoms with Crippen LogP contribution in [0.4, 0.5) is 0 Å². The number of piperazine rings is 1. The Morgan fingerprint density at radius 2 is 1.39 bits per heavy atom. The van der Waals surface area contributed by atoms with E-state index in [2.05, 4.69) is 0 Å². The van der Waals surface area contributed by atoms with Crippen LogP contribution in [-0.2, 0) is 4.79 Å². The van der Waals surface area contributed by atoms with Gasteiger partial charge in [-0.05, 0) is 74.5 Å². The van der Waals surface area contributed by atoms with E-state index in [9.17, 15) is 9.59 Å². The molecule has 5 fully saturated rings. The summed E-state index contributed by atoms with van der Waals surface area (Å²) in [6, 6.07) is 4.96. The van der Waals surface area contributed by atoms with E-state index >= 15 is 0 Å². The van der Waals surface area contributed by atoms with Crippen LogP contribution in [0, 0.1) is 23.2 Å². The Morgan fingerprint density at radius 3 is 1.96 bits per heavy atom. The van der Waals surface area contributed by atoms with Crippen LogP contribution in [0.5, 0.6) is 0 Å². The Kier molecular flexibility index (Phi) is 4.63. The molecule has 28 heavy (non-hydrogen) atoms. The quantitative estimate of drug-likeness (QED) is 0.706. The molecule has 0 aromatic heterocycles. The van der Waals surface area contributed by atoms with E-state index < -0.39 is 0 Å². The topological polar surface area (TPSA) is 40.6 Å². The average Bonchev–Trinajstić information content (AvgIpc) is 2.68. The number of carbonyl (C=O) groups is 2. The van der Waals surface area contributed by atoms with E-state index in [1.807, 2.05) is 4.90 Å². The lowest BCUT2D eigenvalue weighted by Crippen LogP contribution is -2.58. The molecular weight excluding hydrogens is 395 g/mol. The number of carbonyl (C=O) groups excluding carboxylic acids is 2. The smallest absolute Gasteiger partial charge is 0.255 e. The monoisotopic (exact) mass is 420 g/mol. The van der Waals surface area contributed by atoms with Crippen LogP contribution in [0.2, 0.25) is 10.0 Å². The van der Waals surface area contributed by atoms with Crippen molar-refractivity contribution in [2.24, 2.45) is 23.2 Å². The van der Waals surface area contributed by atoms with E-state index in [1.54, 1.807) is 23.1 Å². The van der Waals surface area contributed by atoms with Gasteiger partial charge >= 0.3 is 0 Å². The summed E-state index contributed by atoms with van der Waals surface area (Å²) in [4.78, 5) is 30.1. The first kappa shape index (κ1) is 18.7. The highest BCUT2D eigenvalue weighted by atomic mass is 35.5. The Morgan fingerprint density at radius 1 is 0.857 bits per heavy atom. The van der Waals surface area contributed by atoms with Gasteiger partial charge in [0, 0.05) is 31.2 Å². The maximum atomic E-state index is 13.5.